The highest BCUT2D eigenvalue weighted by atomic mass is 32.2. The van der Waals surface area contributed by atoms with Gasteiger partial charge in [0.1, 0.15) is 0 Å². The molecule has 0 radical (unpaired) electrons. The van der Waals surface area contributed by atoms with Crippen molar-refractivity contribution in [1.29, 1.82) is 0 Å². The van der Waals surface area contributed by atoms with Crippen LogP contribution in [0.15, 0.2) is 0 Å². The second-order valence-electron chi connectivity index (χ2n) is 4.42. The van der Waals surface area contributed by atoms with Gasteiger partial charge in [0.2, 0.25) is 0 Å². The van der Waals surface area contributed by atoms with E-state index < -0.39 is 15.1 Å². The zero-order chi connectivity index (χ0) is 12.3. The molecule has 1 unspecified atom stereocenters. The van der Waals surface area contributed by atoms with Crippen LogP contribution >= 0.6 is 0 Å². The van der Waals surface area contributed by atoms with Crippen LogP contribution in [0.3, 0.4) is 0 Å². The van der Waals surface area contributed by atoms with Crippen LogP contribution in [-0.4, -0.2) is 63.2 Å². The Labute approximate surface area is 101 Å². The number of carbonyl (C=O) groups is 1. The Morgan fingerprint density at radius 3 is 2.65 bits per heavy atom. The van der Waals surface area contributed by atoms with Crippen LogP contribution in [0.2, 0.25) is 0 Å². The minimum atomic E-state index is -2.97. The van der Waals surface area contributed by atoms with Crippen LogP contribution in [0.25, 0.3) is 0 Å². The lowest BCUT2D eigenvalue weighted by Gasteiger charge is -2.27. The van der Waals surface area contributed by atoms with E-state index in [1.807, 2.05) is 0 Å². The Hall–Kier alpha value is -0.820. The molecule has 0 aromatic carbocycles. The maximum atomic E-state index is 11.7. The monoisotopic (exact) mass is 262 g/mol. The molecule has 0 aromatic heterocycles. The first-order valence-electron chi connectivity index (χ1n) is 5.92. The van der Waals surface area contributed by atoms with Crippen molar-refractivity contribution in [2.45, 2.75) is 18.1 Å². The molecule has 17 heavy (non-hydrogen) atoms. The number of morpholine rings is 1. The van der Waals surface area contributed by atoms with Crippen molar-refractivity contribution in [2.24, 2.45) is 0 Å². The highest BCUT2D eigenvalue weighted by molar-refractivity contribution is 7.92. The second kappa shape index (κ2) is 5.22. The fourth-order valence-corrected chi connectivity index (χ4v) is 3.93. The minimum Gasteiger partial charge on any atom is -0.378 e. The SMILES string of the molecule is O=C(NCC1CCCS1(=O)=O)N1CCOCC1. The zero-order valence-electron chi connectivity index (χ0n) is 9.72. The predicted octanol–water partition coefficient (Wildman–Crippen LogP) is -0.395. The normalized spacial score (nSPS) is 28.0. The largest absolute Gasteiger partial charge is 0.378 e. The van der Waals surface area contributed by atoms with Crippen LogP contribution in [0.5, 0.6) is 0 Å². The van der Waals surface area contributed by atoms with E-state index in [4.69, 9.17) is 4.74 Å². The summed E-state index contributed by atoms with van der Waals surface area (Å²) >= 11 is 0. The molecule has 0 bridgehead atoms. The van der Waals surface area contributed by atoms with Gasteiger partial charge in [0.15, 0.2) is 9.84 Å². The lowest BCUT2D eigenvalue weighted by molar-refractivity contribution is 0.0532. The van der Waals surface area contributed by atoms with Gasteiger partial charge < -0.3 is 15.0 Å². The average molecular weight is 262 g/mol. The fourth-order valence-electron chi connectivity index (χ4n) is 2.17. The van der Waals surface area contributed by atoms with Gasteiger partial charge in [-0.3, -0.25) is 0 Å². The first-order chi connectivity index (χ1) is 8.09. The Morgan fingerprint density at radius 2 is 2.06 bits per heavy atom. The van der Waals surface area contributed by atoms with Crippen LogP contribution in [-0.2, 0) is 14.6 Å². The quantitative estimate of drug-likeness (QED) is 0.735. The molecule has 2 heterocycles. The molecule has 98 valence electrons. The van der Waals surface area contributed by atoms with Gasteiger partial charge in [-0.05, 0) is 12.8 Å². The Bertz CT molecular complexity index is 376. The van der Waals surface area contributed by atoms with Crippen LogP contribution in [0.1, 0.15) is 12.8 Å². The van der Waals surface area contributed by atoms with E-state index >= 15 is 0 Å². The molecule has 2 fully saturated rings. The van der Waals surface area contributed by atoms with Crippen LogP contribution in [0, 0.1) is 0 Å². The van der Waals surface area contributed by atoms with Crippen molar-refractivity contribution >= 4 is 15.9 Å². The third-order valence-electron chi connectivity index (χ3n) is 3.24. The molecule has 1 N–H and O–H groups in total. The Balaban J connectivity index is 1.79. The number of nitrogens with one attached hydrogen (secondary N) is 1. The van der Waals surface area contributed by atoms with Crippen molar-refractivity contribution in [1.82, 2.24) is 10.2 Å². The topological polar surface area (TPSA) is 75.7 Å². The Morgan fingerprint density at radius 1 is 1.35 bits per heavy atom. The number of hydrogen-bond acceptors (Lipinski definition) is 4. The van der Waals surface area contributed by atoms with Gasteiger partial charge in [-0.2, -0.15) is 0 Å². The summed E-state index contributed by atoms with van der Waals surface area (Å²) in [7, 11) is -2.97. The number of nitrogens with zero attached hydrogens (tertiary/aromatic N) is 1. The van der Waals surface area contributed by atoms with Gasteiger partial charge >= 0.3 is 6.03 Å². The number of urea groups is 1. The van der Waals surface area contributed by atoms with Gasteiger partial charge in [0, 0.05) is 19.6 Å². The molecule has 0 saturated carbocycles. The average Bonchev–Trinajstić information content (AvgIpc) is 2.66. The fraction of sp³-hybridized carbons (Fsp3) is 0.900. The van der Waals surface area contributed by atoms with Crippen molar-refractivity contribution in [3.8, 4) is 0 Å². The summed E-state index contributed by atoms with van der Waals surface area (Å²) in [6.07, 6.45) is 1.37. The molecular weight excluding hydrogens is 244 g/mol. The smallest absolute Gasteiger partial charge is 0.317 e. The maximum absolute atomic E-state index is 11.7. The third-order valence-corrected chi connectivity index (χ3v) is 5.52. The van der Waals surface area contributed by atoms with Crippen molar-refractivity contribution in [3.05, 3.63) is 0 Å². The first-order valence-corrected chi connectivity index (χ1v) is 7.63. The number of hydrogen-bond donors (Lipinski definition) is 1. The van der Waals surface area contributed by atoms with Crippen molar-refractivity contribution in [2.75, 3.05) is 38.6 Å². The number of rotatable bonds is 2. The van der Waals surface area contributed by atoms with Gasteiger partial charge in [-0.25, -0.2) is 13.2 Å². The van der Waals surface area contributed by atoms with E-state index in [1.54, 1.807) is 4.90 Å². The van der Waals surface area contributed by atoms with Crippen molar-refractivity contribution in [3.63, 3.8) is 0 Å². The molecule has 2 aliphatic rings. The molecule has 2 saturated heterocycles. The molecule has 2 rings (SSSR count). The highest BCUT2D eigenvalue weighted by Gasteiger charge is 2.31. The number of ether oxygens (including phenoxy) is 1. The van der Waals surface area contributed by atoms with E-state index in [-0.39, 0.29) is 18.3 Å². The Kier molecular flexibility index (Phi) is 3.88. The lowest BCUT2D eigenvalue weighted by atomic mass is 10.2. The summed E-state index contributed by atoms with van der Waals surface area (Å²) in [5.41, 5.74) is 0. The first kappa shape index (κ1) is 12.6. The highest BCUT2D eigenvalue weighted by Crippen LogP contribution is 2.19. The summed E-state index contributed by atoms with van der Waals surface area (Å²) in [5.74, 6) is 0.255. The maximum Gasteiger partial charge on any atom is 0.317 e. The minimum absolute atomic E-state index is 0.185. The van der Waals surface area contributed by atoms with Gasteiger partial charge in [-0.1, -0.05) is 0 Å². The molecule has 6 nitrogen and oxygen atoms in total. The summed E-state index contributed by atoms with van der Waals surface area (Å²) in [6, 6.07) is -0.185. The van der Waals surface area contributed by atoms with Crippen molar-refractivity contribution < 1.29 is 17.9 Å². The van der Waals surface area contributed by atoms with Gasteiger partial charge in [0.25, 0.3) is 0 Å². The molecule has 1 atom stereocenters. The van der Waals surface area contributed by atoms with Gasteiger partial charge in [0.05, 0.1) is 24.2 Å². The zero-order valence-corrected chi connectivity index (χ0v) is 10.5. The second-order valence-corrected chi connectivity index (χ2v) is 6.82. The van der Waals surface area contributed by atoms with Crippen LogP contribution in [0.4, 0.5) is 4.79 Å². The molecule has 2 amide bonds. The summed E-state index contributed by atoms with van der Waals surface area (Å²) < 4.78 is 28.3. The molecule has 2 aliphatic heterocycles. The standard InChI is InChI=1S/C10H18N2O4S/c13-10(12-3-5-16-6-4-12)11-8-9-2-1-7-17(9,14)15/h9H,1-8H2,(H,11,13). The molecule has 0 spiro atoms. The van der Waals surface area contributed by atoms with E-state index in [1.165, 1.54) is 0 Å². The van der Waals surface area contributed by atoms with Crippen LogP contribution < -0.4 is 5.32 Å². The molecular formula is C10H18N2O4S. The van der Waals surface area contributed by atoms with E-state index in [9.17, 15) is 13.2 Å². The molecule has 0 aliphatic carbocycles. The van der Waals surface area contributed by atoms with E-state index in [0.29, 0.717) is 39.1 Å². The molecule has 7 heteroatoms. The number of carbonyl (C=O) groups excluding carboxylic acids is 1. The van der Waals surface area contributed by atoms with E-state index in [2.05, 4.69) is 5.32 Å². The summed E-state index contributed by atoms with van der Waals surface area (Å²) in [5, 5.41) is 2.31. The third kappa shape index (κ3) is 3.10. The van der Waals surface area contributed by atoms with E-state index in [0.717, 1.165) is 0 Å². The summed E-state index contributed by atoms with van der Waals surface area (Å²) in [4.78, 5) is 13.4. The number of amides is 2. The predicted molar refractivity (Wildman–Crippen MR) is 62.6 cm³/mol. The molecule has 0 aromatic rings. The van der Waals surface area contributed by atoms with Gasteiger partial charge in [-0.15, -0.1) is 0 Å². The summed E-state index contributed by atoms with van der Waals surface area (Å²) in [6.45, 7) is 2.48. The number of sulfone groups is 1. The lowest BCUT2D eigenvalue weighted by Crippen LogP contribution is -2.48.